The molecule has 0 amide bonds. The number of halogens is 1. The minimum absolute atomic E-state index is 0.230. The van der Waals surface area contributed by atoms with Gasteiger partial charge >= 0.3 is 0 Å². The van der Waals surface area contributed by atoms with Crippen molar-refractivity contribution < 1.29 is 4.74 Å². The molecule has 2 rings (SSSR count). The van der Waals surface area contributed by atoms with Crippen LogP contribution in [-0.4, -0.2) is 19.2 Å². The molecule has 1 heterocycles. The van der Waals surface area contributed by atoms with E-state index in [1.54, 1.807) is 0 Å². The van der Waals surface area contributed by atoms with Crippen LogP contribution in [0.3, 0.4) is 0 Å². The molecule has 2 unspecified atom stereocenters. The fraction of sp³-hybridized carbons (Fsp3) is 0.455. The second-order valence-corrected chi connectivity index (χ2v) is 4.13. The second-order valence-electron chi connectivity index (χ2n) is 3.69. The molecule has 0 saturated heterocycles. The Morgan fingerprint density at radius 2 is 2.36 bits per heavy atom. The summed E-state index contributed by atoms with van der Waals surface area (Å²) in [6, 6.07) is 6.16. The predicted octanol–water partition coefficient (Wildman–Crippen LogP) is 2.25. The van der Waals surface area contributed by atoms with Gasteiger partial charge in [-0.05, 0) is 37.7 Å². The Labute approximate surface area is 89.2 Å². The number of hydrogen-bond acceptors (Lipinski definition) is 2. The van der Waals surface area contributed by atoms with Crippen molar-refractivity contribution in [1.29, 1.82) is 0 Å². The molecule has 0 radical (unpaired) electrons. The van der Waals surface area contributed by atoms with Crippen LogP contribution in [0.2, 0.25) is 5.02 Å². The average Bonchev–Trinajstić information content (AvgIpc) is 2.59. The highest BCUT2D eigenvalue weighted by Crippen LogP contribution is 2.31. The maximum Gasteiger partial charge on any atom is 0.123 e. The summed E-state index contributed by atoms with van der Waals surface area (Å²) in [5.41, 5.74) is 1.21. The zero-order chi connectivity index (χ0) is 10.1. The second kappa shape index (κ2) is 3.79. The van der Waals surface area contributed by atoms with Crippen molar-refractivity contribution in [3.63, 3.8) is 0 Å². The highest BCUT2D eigenvalue weighted by atomic mass is 35.5. The van der Waals surface area contributed by atoms with Gasteiger partial charge in [-0.2, -0.15) is 0 Å². The van der Waals surface area contributed by atoms with Crippen LogP contribution < -0.4 is 10.1 Å². The van der Waals surface area contributed by atoms with E-state index in [9.17, 15) is 0 Å². The van der Waals surface area contributed by atoms with Crippen molar-refractivity contribution in [3.8, 4) is 5.75 Å². The predicted molar refractivity (Wildman–Crippen MR) is 58.1 cm³/mol. The van der Waals surface area contributed by atoms with E-state index in [1.165, 1.54) is 5.56 Å². The molecular weight excluding hydrogens is 198 g/mol. The van der Waals surface area contributed by atoms with E-state index < -0.39 is 0 Å². The Hall–Kier alpha value is -0.730. The first-order valence-electron chi connectivity index (χ1n) is 4.83. The highest BCUT2D eigenvalue weighted by Gasteiger charge is 2.26. The van der Waals surface area contributed by atoms with Crippen LogP contribution in [0.5, 0.6) is 5.75 Å². The van der Waals surface area contributed by atoms with Crippen molar-refractivity contribution in [2.45, 2.75) is 25.5 Å². The quantitative estimate of drug-likeness (QED) is 0.810. The van der Waals surface area contributed by atoms with Crippen LogP contribution >= 0.6 is 11.6 Å². The van der Waals surface area contributed by atoms with E-state index in [2.05, 4.69) is 12.2 Å². The van der Waals surface area contributed by atoms with Crippen molar-refractivity contribution in [3.05, 3.63) is 28.8 Å². The number of fused-ring (bicyclic) bond motifs is 1. The zero-order valence-corrected chi connectivity index (χ0v) is 9.14. The Morgan fingerprint density at radius 1 is 1.57 bits per heavy atom. The summed E-state index contributed by atoms with van der Waals surface area (Å²) >= 11 is 5.91. The van der Waals surface area contributed by atoms with Crippen LogP contribution in [0.1, 0.15) is 12.5 Å². The number of hydrogen-bond donors (Lipinski definition) is 1. The maximum absolute atomic E-state index is 5.91. The van der Waals surface area contributed by atoms with Crippen LogP contribution in [0.25, 0.3) is 0 Å². The number of ether oxygens (including phenoxy) is 1. The van der Waals surface area contributed by atoms with Gasteiger partial charge in [0, 0.05) is 17.5 Å². The summed E-state index contributed by atoms with van der Waals surface area (Å²) in [6.45, 7) is 2.12. The first-order chi connectivity index (χ1) is 6.70. The van der Waals surface area contributed by atoms with Gasteiger partial charge in [-0.1, -0.05) is 11.6 Å². The minimum atomic E-state index is 0.230. The van der Waals surface area contributed by atoms with Gasteiger partial charge in [-0.15, -0.1) is 0 Å². The third-order valence-corrected chi connectivity index (χ3v) is 2.97. The molecule has 1 N–H and O–H groups in total. The first-order valence-corrected chi connectivity index (χ1v) is 5.21. The SMILES string of the molecule is CNC(C)C1Cc2cc(Cl)ccc2O1. The van der Waals surface area contributed by atoms with Crippen molar-refractivity contribution in [1.82, 2.24) is 5.32 Å². The van der Waals surface area contributed by atoms with Gasteiger partial charge in [-0.25, -0.2) is 0 Å². The van der Waals surface area contributed by atoms with Gasteiger partial charge in [0.2, 0.25) is 0 Å². The third kappa shape index (κ3) is 1.72. The van der Waals surface area contributed by atoms with Crippen molar-refractivity contribution in [2.24, 2.45) is 0 Å². The van der Waals surface area contributed by atoms with Crippen LogP contribution in [-0.2, 0) is 6.42 Å². The van der Waals surface area contributed by atoms with Gasteiger partial charge in [0.05, 0.1) is 0 Å². The van der Waals surface area contributed by atoms with Crippen LogP contribution in [0.4, 0.5) is 0 Å². The largest absolute Gasteiger partial charge is 0.488 e. The minimum Gasteiger partial charge on any atom is -0.488 e. The molecule has 14 heavy (non-hydrogen) atoms. The first kappa shape index (κ1) is 9.81. The Bertz CT molecular complexity index is 340. The van der Waals surface area contributed by atoms with E-state index in [4.69, 9.17) is 16.3 Å². The van der Waals surface area contributed by atoms with Gasteiger partial charge < -0.3 is 10.1 Å². The number of rotatable bonds is 2. The molecule has 76 valence electrons. The summed E-state index contributed by atoms with van der Waals surface area (Å²) in [4.78, 5) is 0. The highest BCUT2D eigenvalue weighted by molar-refractivity contribution is 6.30. The number of benzene rings is 1. The fourth-order valence-electron chi connectivity index (χ4n) is 1.71. The van der Waals surface area contributed by atoms with Crippen molar-refractivity contribution >= 4 is 11.6 Å². The lowest BCUT2D eigenvalue weighted by Gasteiger charge is -2.17. The molecule has 0 fully saturated rings. The summed E-state index contributed by atoms with van der Waals surface area (Å²) in [5.74, 6) is 0.974. The molecule has 1 aromatic carbocycles. The molecular formula is C11H14ClNO. The van der Waals surface area contributed by atoms with Gasteiger partial charge in [0.1, 0.15) is 11.9 Å². The fourth-order valence-corrected chi connectivity index (χ4v) is 1.90. The molecule has 0 bridgehead atoms. The van der Waals surface area contributed by atoms with Gasteiger partial charge in [0.15, 0.2) is 0 Å². The van der Waals surface area contributed by atoms with Gasteiger partial charge in [0.25, 0.3) is 0 Å². The van der Waals surface area contributed by atoms with Gasteiger partial charge in [-0.3, -0.25) is 0 Å². The zero-order valence-electron chi connectivity index (χ0n) is 8.38. The van der Waals surface area contributed by atoms with Crippen LogP contribution in [0.15, 0.2) is 18.2 Å². The topological polar surface area (TPSA) is 21.3 Å². The average molecular weight is 212 g/mol. The third-order valence-electron chi connectivity index (χ3n) is 2.73. The van der Waals surface area contributed by atoms with E-state index in [0.29, 0.717) is 6.04 Å². The molecule has 2 atom stereocenters. The van der Waals surface area contributed by atoms with E-state index in [-0.39, 0.29) is 6.10 Å². The van der Waals surface area contributed by atoms with Crippen LogP contribution in [0, 0.1) is 0 Å². The summed E-state index contributed by atoms with van der Waals surface area (Å²) in [6.07, 6.45) is 1.17. The molecule has 0 spiro atoms. The lowest BCUT2D eigenvalue weighted by molar-refractivity contribution is 0.191. The Morgan fingerprint density at radius 3 is 3.07 bits per heavy atom. The summed E-state index contributed by atoms with van der Waals surface area (Å²) in [5, 5.41) is 3.98. The molecule has 0 aromatic heterocycles. The molecule has 3 heteroatoms. The Kier molecular flexibility index (Phi) is 2.66. The molecule has 0 saturated carbocycles. The molecule has 2 nitrogen and oxygen atoms in total. The molecule has 1 aliphatic rings. The molecule has 1 aliphatic heterocycles. The van der Waals surface area contributed by atoms with E-state index in [1.807, 2.05) is 25.2 Å². The summed E-state index contributed by atoms with van der Waals surface area (Å²) in [7, 11) is 1.95. The number of nitrogens with one attached hydrogen (secondary N) is 1. The maximum atomic E-state index is 5.91. The Balaban J connectivity index is 2.17. The summed E-state index contributed by atoms with van der Waals surface area (Å²) < 4.78 is 5.79. The van der Waals surface area contributed by atoms with E-state index >= 15 is 0 Å². The molecule has 0 aliphatic carbocycles. The normalized spacial score (nSPS) is 21.5. The molecule has 1 aromatic rings. The lowest BCUT2D eigenvalue weighted by Crippen LogP contribution is -2.37. The lowest BCUT2D eigenvalue weighted by atomic mass is 10.1. The smallest absolute Gasteiger partial charge is 0.123 e. The standard InChI is InChI=1S/C11H14ClNO/c1-7(13-2)11-6-8-5-9(12)3-4-10(8)14-11/h3-5,7,11,13H,6H2,1-2H3. The number of likely N-dealkylation sites (N-methyl/N-ethyl adjacent to an activating group) is 1. The monoisotopic (exact) mass is 211 g/mol. The van der Waals surface area contributed by atoms with Crippen molar-refractivity contribution in [2.75, 3.05) is 7.05 Å². The van der Waals surface area contributed by atoms with E-state index in [0.717, 1.165) is 17.2 Å².